The fourth-order valence-electron chi connectivity index (χ4n) is 3.39. The van der Waals surface area contributed by atoms with Gasteiger partial charge in [0.15, 0.2) is 5.96 Å². The third kappa shape index (κ3) is 9.58. The highest BCUT2D eigenvalue weighted by molar-refractivity contribution is 5.79. The molecule has 0 atom stereocenters. The first-order valence-corrected chi connectivity index (χ1v) is 10.7. The van der Waals surface area contributed by atoms with E-state index in [2.05, 4.69) is 68.7 Å². The first kappa shape index (κ1) is 23.6. The van der Waals surface area contributed by atoms with Gasteiger partial charge in [-0.3, -0.25) is 9.89 Å². The van der Waals surface area contributed by atoms with Gasteiger partial charge in [-0.1, -0.05) is 24.3 Å². The van der Waals surface area contributed by atoms with Crippen molar-refractivity contribution in [3.05, 3.63) is 35.4 Å². The first-order chi connectivity index (χ1) is 14.1. The highest BCUT2D eigenvalue weighted by Crippen LogP contribution is 2.09. The van der Waals surface area contributed by atoms with Gasteiger partial charge in [-0.05, 0) is 31.6 Å². The Balaban J connectivity index is 1.65. The molecule has 1 fully saturated rings. The van der Waals surface area contributed by atoms with Gasteiger partial charge < -0.3 is 25.2 Å². The predicted molar refractivity (Wildman–Crippen MR) is 121 cm³/mol. The fraction of sp³-hybridized carbons (Fsp3) is 0.682. The molecule has 164 valence electrons. The largest absolute Gasteiger partial charge is 0.385 e. The normalized spacial score (nSPS) is 16.4. The number of guanidine groups is 1. The number of nitrogens with one attached hydrogen (secondary N) is 2. The summed E-state index contributed by atoms with van der Waals surface area (Å²) in [4.78, 5) is 11.6. The lowest BCUT2D eigenvalue weighted by Crippen LogP contribution is -2.43. The van der Waals surface area contributed by atoms with Crippen LogP contribution in [0.4, 0.5) is 0 Å². The number of aliphatic imine (C=N–C) groups is 1. The minimum Gasteiger partial charge on any atom is -0.385 e. The zero-order valence-corrected chi connectivity index (χ0v) is 18.8. The molecule has 1 aromatic carbocycles. The molecule has 0 radical (unpaired) electrons. The van der Waals surface area contributed by atoms with Crippen molar-refractivity contribution in [1.29, 1.82) is 0 Å². The maximum Gasteiger partial charge on any atom is 0.191 e. The predicted octanol–water partition coefficient (Wildman–Crippen LogP) is 1.07. The molecular weight excluding hydrogens is 364 g/mol. The zero-order valence-electron chi connectivity index (χ0n) is 18.8. The van der Waals surface area contributed by atoms with Crippen LogP contribution in [0.25, 0.3) is 0 Å². The Morgan fingerprint density at radius 3 is 2.41 bits per heavy atom. The molecule has 0 unspecified atom stereocenters. The van der Waals surface area contributed by atoms with E-state index in [1.807, 2.05) is 7.05 Å². The van der Waals surface area contributed by atoms with Crippen LogP contribution in [0.5, 0.6) is 0 Å². The number of benzene rings is 1. The molecule has 0 saturated carbocycles. The molecule has 0 bridgehead atoms. The van der Waals surface area contributed by atoms with E-state index in [-0.39, 0.29) is 0 Å². The molecule has 7 nitrogen and oxygen atoms in total. The molecule has 0 amide bonds. The van der Waals surface area contributed by atoms with Crippen molar-refractivity contribution < 1.29 is 4.74 Å². The summed E-state index contributed by atoms with van der Waals surface area (Å²) in [6, 6.07) is 8.94. The van der Waals surface area contributed by atoms with Crippen molar-refractivity contribution in [2.75, 3.05) is 80.7 Å². The molecular formula is C22H40N6O. The summed E-state index contributed by atoms with van der Waals surface area (Å²) in [5.41, 5.74) is 2.66. The minimum atomic E-state index is 0.776. The van der Waals surface area contributed by atoms with E-state index in [4.69, 9.17) is 4.74 Å². The molecule has 1 aliphatic rings. The van der Waals surface area contributed by atoms with Crippen LogP contribution >= 0.6 is 0 Å². The monoisotopic (exact) mass is 404 g/mol. The van der Waals surface area contributed by atoms with E-state index in [1.165, 1.54) is 11.1 Å². The van der Waals surface area contributed by atoms with Gasteiger partial charge >= 0.3 is 0 Å². The molecule has 2 N–H and O–H groups in total. The molecule has 29 heavy (non-hydrogen) atoms. The van der Waals surface area contributed by atoms with Crippen LogP contribution in [-0.2, 0) is 17.8 Å². The molecule has 1 heterocycles. The molecule has 1 saturated heterocycles. The molecule has 0 aromatic heterocycles. The topological polar surface area (TPSA) is 55.4 Å². The van der Waals surface area contributed by atoms with Gasteiger partial charge in [0.25, 0.3) is 0 Å². The maximum absolute atomic E-state index is 5.10. The lowest BCUT2D eigenvalue weighted by molar-refractivity contribution is 0.148. The summed E-state index contributed by atoms with van der Waals surface area (Å²) in [7, 11) is 7.90. The lowest BCUT2D eigenvalue weighted by atomic mass is 10.1. The highest BCUT2D eigenvalue weighted by atomic mass is 16.5. The summed E-state index contributed by atoms with van der Waals surface area (Å²) < 4.78 is 5.10. The van der Waals surface area contributed by atoms with E-state index in [9.17, 15) is 0 Å². The second kappa shape index (κ2) is 13.5. The van der Waals surface area contributed by atoms with Crippen molar-refractivity contribution in [3.63, 3.8) is 0 Å². The summed E-state index contributed by atoms with van der Waals surface area (Å²) in [6.07, 6.45) is 1.06. The molecule has 2 rings (SSSR count). The average molecular weight is 405 g/mol. The van der Waals surface area contributed by atoms with Gasteiger partial charge in [-0.25, -0.2) is 0 Å². The van der Waals surface area contributed by atoms with Gasteiger partial charge in [-0.2, -0.15) is 0 Å². The zero-order chi connectivity index (χ0) is 20.9. The Hall–Kier alpha value is -1.67. The van der Waals surface area contributed by atoms with E-state index in [1.54, 1.807) is 7.11 Å². The summed E-state index contributed by atoms with van der Waals surface area (Å²) in [6.45, 7) is 10.2. The number of methoxy groups -OCH3 is 1. The molecule has 1 aromatic rings. The van der Waals surface area contributed by atoms with Gasteiger partial charge in [0, 0.05) is 79.7 Å². The lowest BCUT2D eigenvalue weighted by Gasteiger charge is -2.32. The number of hydrogen-bond acceptors (Lipinski definition) is 5. The summed E-state index contributed by atoms with van der Waals surface area (Å²) >= 11 is 0. The van der Waals surface area contributed by atoms with E-state index in [0.717, 1.165) is 77.9 Å². The van der Waals surface area contributed by atoms with Crippen LogP contribution in [-0.4, -0.2) is 101 Å². The van der Waals surface area contributed by atoms with Crippen molar-refractivity contribution in [2.45, 2.75) is 19.5 Å². The quantitative estimate of drug-likeness (QED) is 0.327. The summed E-state index contributed by atoms with van der Waals surface area (Å²) in [5.74, 6) is 0.844. The standard InChI is InChI=1S/C22H40N6O/c1-23-22(24-10-12-26(2)11-5-17-29-4)25-18-20-6-8-21(9-7-20)19-28-15-13-27(3)14-16-28/h6-9H,5,10-19H2,1-4H3,(H2,23,24,25). The van der Waals surface area contributed by atoms with Gasteiger partial charge in [0.05, 0.1) is 0 Å². The Bertz CT molecular complexity index is 583. The van der Waals surface area contributed by atoms with Crippen LogP contribution in [0.15, 0.2) is 29.3 Å². The molecule has 0 aliphatic carbocycles. The van der Waals surface area contributed by atoms with Gasteiger partial charge in [-0.15, -0.1) is 0 Å². The number of nitrogens with zero attached hydrogens (tertiary/aromatic N) is 4. The van der Waals surface area contributed by atoms with Crippen molar-refractivity contribution in [2.24, 2.45) is 4.99 Å². The van der Waals surface area contributed by atoms with E-state index < -0.39 is 0 Å². The third-order valence-corrected chi connectivity index (χ3v) is 5.38. The second-order valence-corrected chi connectivity index (χ2v) is 7.90. The Kier molecular flexibility index (Phi) is 11.0. The molecule has 0 spiro atoms. The number of likely N-dealkylation sites (N-methyl/N-ethyl adjacent to an activating group) is 2. The second-order valence-electron chi connectivity index (χ2n) is 7.90. The molecule has 7 heteroatoms. The number of piperazine rings is 1. The number of hydrogen-bond donors (Lipinski definition) is 2. The van der Waals surface area contributed by atoms with Crippen molar-refractivity contribution >= 4 is 5.96 Å². The summed E-state index contributed by atoms with van der Waals surface area (Å²) in [5, 5.41) is 6.79. The maximum atomic E-state index is 5.10. The van der Waals surface area contributed by atoms with Crippen molar-refractivity contribution in [1.82, 2.24) is 25.3 Å². The number of rotatable bonds is 11. The highest BCUT2D eigenvalue weighted by Gasteiger charge is 2.13. The fourth-order valence-corrected chi connectivity index (χ4v) is 3.39. The number of ether oxygens (including phenoxy) is 1. The SMILES string of the molecule is CN=C(NCCN(C)CCCOC)NCc1ccc(CN2CCN(C)CC2)cc1. The van der Waals surface area contributed by atoms with E-state index >= 15 is 0 Å². The van der Waals surface area contributed by atoms with Crippen LogP contribution in [0.1, 0.15) is 17.5 Å². The van der Waals surface area contributed by atoms with Crippen LogP contribution in [0.3, 0.4) is 0 Å². The average Bonchev–Trinajstić information content (AvgIpc) is 2.73. The minimum absolute atomic E-state index is 0.776. The van der Waals surface area contributed by atoms with Crippen LogP contribution in [0.2, 0.25) is 0 Å². The van der Waals surface area contributed by atoms with Crippen molar-refractivity contribution in [3.8, 4) is 0 Å². The van der Waals surface area contributed by atoms with Crippen LogP contribution < -0.4 is 10.6 Å². The Morgan fingerprint density at radius 1 is 1.07 bits per heavy atom. The van der Waals surface area contributed by atoms with E-state index in [0.29, 0.717) is 0 Å². The van der Waals surface area contributed by atoms with Gasteiger partial charge in [0.1, 0.15) is 0 Å². The third-order valence-electron chi connectivity index (χ3n) is 5.38. The smallest absolute Gasteiger partial charge is 0.191 e. The van der Waals surface area contributed by atoms with Crippen LogP contribution in [0, 0.1) is 0 Å². The Labute approximate surface area is 177 Å². The molecule has 1 aliphatic heterocycles. The van der Waals surface area contributed by atoms with Gasteiger partial charge in [0.2, 0.25) is 0 Å². The first-order valence-electron chi connectivity index (χ1n) is 10.7. The Morgan fingerprint density at radius 2 is 1.76 bits per heavy atom.